The van der Waals surface area contributed by atoms with Crippen LogP contribution in [-0.4, -0.2) is 41.6 Å². The molecule has 0 radical (unpaired) electrons. The Kier molecular flexibility index (Phi) is 4.62. The van der Waals surface area contributed by atoms with Crippen LogP contribution in [-0.2, 0) is 24.9 Å². The van der Waals surface area contributed by atoms with Gasteiger partial charge in [0.15, 0.2) is 16.9 Å². The van der Waals surface area contributed by atoms with E-state index in [4.69, 9.17) is 4.74 Å². The van der Waals surface area contributed by atoms with Crippen molar-refractivity contribution in [1.29, 1.82) is 0 Å². The summed E-state index contributed by atoms with van der Waals surface area (Å²) in [6.07, 6.45) is 3.97. The number of nitrogens with zero attached hydrogens (tertiary/aromatic N) is 5. The average Bonchev–Trinajstić information content (AvgIpc) is 3.48. The maximum absolute atomic E-state index is 13.3. The molecule has 0 bridgehead atoms. The third-order valence-electron chi connectivity index (χ3n) is 5.95. The van der Waals surface area contributed by atoms with Crippen LogP contribution in [0.3, 0.4) is 0 Å². The predicted octanol–water partition coefficient (Wildman–Crippen LogP) is 1.52. The van der Waals surface area contributed by atoms with Gasteiger partial charge in [0.1, 0.15) is 0 Å². The van der Waals surface area contributed by atoms with E-state index in [-0.39, 0.29) is 23.9 Å². The number of aromatic nitrogens is 5. The molecule has 3 aromatic heterocycles. The van der Waals surface area contributed by atoms with E-state index in [2.05, 4.69) is 4.98 Å². The van der Waals surface area contributed by atoms with Crippen LogP contribution < -0.4 is 11.2 Å². The van der Waals surface area contributed by atoms with Crippen molar-refractivity contribution in [2.45, 2.75) is 39.0 Å². The van der Waals surface area contributed by atoms with E-state index in [1.165, 1.54) is 4.57 Å². The highest BCUT2D eigenvalue weighted by Crippen LogP contribution is 2.20. The van der Waals surface area contributed by atoms with Gasteiger partial charge in [-0.3, -0.25) is 23.1 Å². The van der Waals surface area contributed by atoms with Crippen molar-refractivity contribution in [3.8, 4) is 0 Å². The van der Waals surface area contributed by atoms with Gasteiger partial charge in [-0.05, 0) is 19.8 Å². The Morgan fingerprint density at radius 2 is 1.97 bits per heavy atom. The highest BCUT2D eigenvalue weighted by atomic mass is 16.5. The van der Waals surface area contributed by atoms with Crippen molar-refractivity contribution in [3.05, 3.63) is 68.6 Å². The second-order valence-electron chi connectivity index (χ2n) is 7.99. The van der Waals surface area contributed by atoms with Gasteiger partial charge in [-0.2, -0.15) is 4.98 Å². The van der Waals surface area contributed by atoms with Crippen LogP contribution in [0.25, 0.3) is 16.9 Å². The van der Waals surface area contributed by atoms with Gasteiger partial charge in [0.05, 0.1) is 19.2 Å². The van der Waals surface area contributed by atoms with E-state index in [0.29, 0.717) is 23.5 Å². The molecule has 9 heteroatoms. The number of hydrogen-bond acceptors (Lipinski definition) is 5. The van der Waals surface area contributed by atoms with E-state index in [1.54, 1.807) is 41.8 Å². The Balaban J connectivity index is 1.65. The maximum Gasteiger partial charge on any atom is 0.332 e. The molecule has 5 rings (SSSR count). The van der Waals surface area contributed by atoms with Crippen LogP contribution in [0.5, 0.6) is 0 Å². The minimum Gasteiger partial charge on any atom is -0.376 e. The second-order valence-corrected chi connectivity index (χ2v) is 7.99. The van der Waals surface area contributed by atoms with Crippen LogP contribution in [0.15, 0.2) is 46.1 Å². The lowest BCUT2D eigenvalue weighted by atomic mass is 10.1. The standard InChI is InChI=1S/C22H23N5O4/c1-14-11-26-18-19(23-21(26)25(14)12-16-9-6-10-31-16)24(2)22(30)27(20(18)29)13-17(28)15-7-4-3-5-8-15/h3-5,7-8,11,16H,6,9-10,12-13H2,1-2H3/t16-/m1/s1. The first-order valence-electron chi connectivity index (χ1n) is 10.3. The van der Waals surface area contributed by atoms with Crippen molar-refractivity contribution < 1.29 is 9.53 Å². The Morgan fingerprint density at radius 1 is 1.19 bits per heavy atom. The SMILES string of the molecule is Cc1cn2c3c(=O)n(CC(=O)c4ccccc4)c(=O)n(C)c3nc2n1C[C@H]1CCCO1. The quantitative estimate of drug-likeness (QED) is 0.456. The van der Waals surface area contributed by atoms with Gasteiger partial charge in [-0.25, -0.2) is 4.79 Å². The Bertz CT molecular complexity index is 1420. The summed E-state index contributed by atoms with van der Waals surface area (Å²) >= 11 is 0. The second kappa shape index (κ2) is 7.35. The summed E-state index contributed by atoms with van der Waals surface area (Å²) in [7, 11) is 1.57. The zero-order valence-electron chi connectivity index (χ0n) is 17.4. The lowest BCUT2D eigenvalue weighted by Gasteiger charge is -2.11. The molecule has 1 aromatic carbocycles. The third kappa shape index (κ3) is 3.12. The fourth-order valence-electron chi connectivity index (χ4n) is 4.27. The molecule has 0 spiro atoms. The summed E-state index contributed by atoms with van der Waals surface area (Å²) in [4.78, 5) is 43.5. The van der Waals surface area contributed by atoms with Gasteiger partial charge in [-0.15, -0.1) is 0 Å². The maximum atomic E-state index is 13.3. The van der Waals surface area contributed by atoms with E-state index >= 15 is 0 Å². The number of fused-ring (bicyclic) bond motifs is 3. The lowest BCUT2D eigenvalue weighted by Crippen LogP contribution is -2.41. The van der Waals surface area contributed by atoms with E-state index in [0.717, 1.165) is 29.7 Å². The fraction of sp³-hybridized carbons (Fsp3) is 0.364. The molecule has 1 atom stereocenters. The molecule has 0 unspecified atom stereocenters. The Hall–Kier alpha value is -3.46. The summed E-state index contributed by atoms with van der Waals surface area (Å²) in [5, 5.41) is 0. The molecule has 160 valence electrons. The van der Waals surface area contributed by atoms with Gasteiger partial charge in [0.2, 0.25) is 5.78 Å². The summed E-state index contributed by atoms with van der Waals surface area (Å²) in [5.41, 5.74) is 0.893. The molecular weight excluding hydrogens is 398 g/mol. The number of hydrogen-bond donors (Lipinski definition) is 0. The summed E-state index contributed by atoms with van der Waals surface area (Å²) < 4.78 is 11.8. The first-order valence-corrected chi connectivity index (χ1v) is 10.3. The number of carbonyl (C=O) groups excluding carboxylic acids is 1. The number of carbonyl (C=O) groups is 1. The number of aryl methyl sites for hydroxylation is 2. The topological polar surface area (TPSA) is 92.5 Å². The normalized spacial score (nSPS) is 16.5. The van der Waals surface area contributed by atoms with Crippen LogP contribution >= 0.6 is 0 Å². The zero-order chi connectivity index (χ0) is 21.7. The molecule has 1 aliphatic rings. The molecule has 0 saturated carbocycles. The third-order valence-corrected chi connectivity index (χ3v) is 5.95. The zero-order valence-corrected chi connectivity index (χ0v) is 17.4. The Morgan fingerprint density at radius 3 is 2.68 bits per heavy atom. The van der Waals surface area contributed by atoms with Gasteiger partial charge in [-0.1, -0.05) is 30.3 Å². The van der Waals surface area contributed by atoms with Crippen molar-refractivity contribution in [2.75, 3.05) is 6.61 Å². The minimum absolute atomic E-state index is 0.110. The largest absolute Gasteiger partial charge is 0.376 e. The average molecular weight is 421 g/mol. The molecule has 9 nitrogen and oxygen atoms in total. The van der Waals surface area contributed by atoms with Gasteiger partial charge < -0.3 is 9.30 Å². The summed E-state index contributed by atoms with van der Waals surface area (Å²) in [6, 6.07) is 8.64. The number of ketones is 1. The summed E-state index contributed by atoms with van der Waals surface area (Å²) in [5.74, 6) is 0.286. The van der Waals surface area contributed by atoms with Crippen molar-refractivity contribution in [3.63, 3.8) is 0 Å². The molecule has 1 aliphatic heterocycles. The van der Waals surface area contributed by atoms with E-state index < -0.39 is 11.2 Å². The first-order chi connectivity index (χ1) is 15.0. The van der Waals surface area contributed by atoms with Crippen LogP contribution in [0.1, 0.15) is 28.9 Å². The minimum atomic E-state index is -0.565. The fourth-order valence-corrected chi connectivity index (χ4v) is 4.27. The number of Topliss-reactive ketones (excluding diaryl/α,β-unsaturated/α-hetero) is 1. The Labute approximate surface area is 177 Å². The number of ether oxygens (including phenoxy) is 1. The van der Waals surface area contributed by atoms with Crippen LogP contribution in [0.4, 0.5) is 0 Å². The van der Waals surface area contributed by atoms with Crippen LogP contribution in [0, 0.1) is 6.92 Å². The molecule has 4 heterocycles. The molecule has 4 aromatic rings. The predicted molar refractivity (Wildman–Crippen MR) is 115 cm³/mol. The number of rotatable bonds is 5. The molecule has 0 N–H and O–H groups in total. The molecule has 1 fully saturated rings. The van der Waals surface area contributed by atoms with Gasteiger partial charge >= 0.3 is 5.69 Å². The van der Waals surface area contributed by atoms with Crippen molar-refractivity contribution in [1.82, 2.24) is 23.1 Å². The lowest BCUT2D eigenvalue weighted by molar-refractivity contribution is 0.0967. The summed E-state index contributed by atoms with van der Waals surface area (Å²) in [6.45, 7) is 3.02. The van der Waals surface area contributed by atoms with Gasteiger partial charge in [0.25, 0.3) is 5.56 Å². The number of imidazole rings is 2. The molecule has 1 saturated heterocycles. The molecule has 0 amide bonds. The first kappa shape index (κ1) is 19.5. The van der Waals surface area contributed by atoms with Crippen molar-refractivity contribution in [2.24, 2.45) is 7.05 Å². The highest BCUT2D eigenvalue weighted by Gasteiger charge is 2.23. The number of benzene rings is 1. The van der Waals surface area contributed by atoms with E-state index in [1.807, 2.05) is 17.7 Å². The van der Waals surface area contributed by atoms with Gasteiger partial charge in [0, 0.05) is 31.1 Å². The van der Waals surface area contributed by atoms with Crippen LogP contribution in [0.2, 0.25) is 0 Å². The highest BCUT2D eigenvalue weighted by molar-refractivity contribution is 5.95. The smallest absolute Gasteiger partial charge is 0.332 e. The molecular formula is C22H23N5O4. The monoisotopic (exact) mass is 421 g/mol. The molecule has 0 aliphatic carbocycles. The molecule has 31 heavy (non-hydrogen) atoms. The van der Waals surface area contributed by atoms with E-state index in [9.17, 15) is 14.4 Å². The van der Waals surface area contributed by atoms with Crippen molar-refractivity contribution >= 4 is 22.7 Å².